The first-order chi connectivity index (χ1) is 12.5. The molecule has 1 N–H and O–H groups in total. The molecule has 1 amide bonds. The van der Waals surface area contributed by atoms with E-state index >= 15 is 0 Å². The summed E-state index contributed by atoms with van der Waals surface area (Å²) in [6, 6.07) is 10.1. The van der Waals surface area contributed by atoms with Crippen LogP contribution in [0.1, 0.15) is 43.5 Å². The number of nitrogens with one attached hydrogen (secondary N) is 1. The van der Waals surface area contributed by atoms with Gasteiger partial charge in [0, 0.05) is 26.2 Å². The zero-order valence-electron chi connectivity index (χ0n) is 16.0. The van der Waals surface area contributed by atoms with Crippen LogP contribution in [-0.2, 0) is 11.2 Å². The van der Waals surface area contributed by atoms with Crippen molar-refractivity contribution < 1.29 is 4.79 Å². The first kappa shape index (κ1) is 18.6. The van der Waals surface area contributed by atoms with Crippen LogP contribution in [-0.4, -0.2) is 57.1 Å². The number of hydrogen-bond acceptors (Lipinski definition) is 4. The number of amides is 1. The Balaban J connectivity index is 1.70. The van der Waals surface area contributed by atoms with Gasteiger partial charge in [-0.1, -0.05) is 44.2 Å². The molecule has 1 aromatic heterocycles. The quantitative estimate of drug-likeness (QED) is 0.895. The second-order valence-corrected chi connectivity index (χ2v) is 7.52. The fourth-order valence-corrected chi connectivity index (χ4v) is 3.60. The van der Waals surface area contributed by atoms with Crippen LogP contribution in [0.2, 0.25) is 0 Å². The van der Waals surface area contributed by atoms with Gasteiger partial charge < -0.3 is 4.90 Å². The maximum Gasteiger partial charge on any atom is 0.227 e. The molecule has 1 atom stereocenters. The van der Waals surface area contributed by atoms with E-state index in [0.29, 0.717) is 12.3 Å². The lowest BCUT2D eigenvalue weighted by Gasteiger charge is -2.28. The number of H-pyrrole nitrogens is 1. The molecule has 1 unspecified atom stereocenters. The van der Waals surface area contributed by atoms with Gasteiger partial charge in [0.25, 0.3) is 0 Å². The highest BCUT2D eigenvalue weighted by atomic mass is 16.2. The van der Waals surface area contributed by atoms with Crippen LogP contribution in [0.4, 0.5) is 0 Å². The predicted molar refractivity (Wildman–Crippen MR) is 102 cm³/mol. The molecule has 1 aromatic carbocycles. The number of hydrogen-bond donors (Lipinski definition) is 1. The van der Waals surface area contributed by atoms with Crippen molar-refractivity contribution in [2.45, 2.75) is 39.7 Å². The van der Waals surface area contributed by atoms with Crippen LogP contribution >= 0.6 is 0 Å². The molecule has 0 spiro atoms. The van der Waals surface area contributed by atoms with Crippen LogP contribution in [0.15, 0.2) is 30.3 Å². The van der Waals surface area contributed by atoms with Crippen molar-refractivity contribution in [2.75, 3.05) is 26.2 Å². The highest BCUT2D eigenvalue weighted by Gasteiger charge is 2.30. The minimum atomic E-state index is 0.164. The third-order valence-corrected chi connectivity index (χ3v) is 4.83. The average molecular weight is 355 g/mol. The Morgan fingerprint density at radius 2 is 2.00 bits per heavy atom. The molecule has 1 saturated heterocycles. The molecule has 140 valence electrons. The average Bonchev–Trinajstić information content (AvgIpc) is 2.92. The van der Waals surface area contributed by atoms with Crippen molar-refractivity contribution in [3.63, 3.8) is 0 Å². The van der Waals surface area contributed by atoms with E-state index in [-0.39, 0.29) is 11.9 Å². The first-order valence-electron chi connectivity index (χ1n) is 9.47. The van der Waals surface area contributed by atoms with E-state index in [9.17, 15) is 4.79 Å². The van der Waals surface area contributed by atoms with Gasteiger partial charge in [-0.3, -0.25) is 14.8 Å². The van der Waals surface area contributed by atoms with Crippen molar-refractivity contribution in [3.05, 3.63) is 47.5 Å². The lowest BCUT2D eigenvalue weighted by molar-refractivity contribution is -0.130. The number of nitrogens with zero attached hydrogens (tertiary/aromatic N) is 4. The maximum atomic E-state index is 12.8. The van der Waals surface area contributed by atoms with Gasteiger partial charge >= 0.3 is 0 Å². The number of aryl methyl sites for hydroxylation is 1. The summed E-state index contributed by atoms with van der Waals surface area (Å²) < 4.78 is 0. The van der Waals surface area contributed by atoms with Gasteiger partial charge in [0.1, 0.15) is 5.82 Å². The Morgan fingerprint density at radius 3 is 2.65 bits per heavy atom. The molecule has 0 radical (unpaired) electrons. The minimum Gasteiger partial charge on any atom is -0.341 e. The van der Waals surface area contributed by atoms with Crippen LogP contribution in [0.25, 0.3) is 0 Å². The molecule has 2 aromatic rings. The monoisotopic (exact) mass is 355 g/mol. The molecule has 6 heteroatoms. The third-order valence-electron chi connectivity index (χ3n) is 4.83. The van der Waals surface area contributed by atoms with Crippen LogP contribution in [0.3, 0.4) is 0 Å². The van der Waals surface area contributed by atoms with Gasteiger partial charge in [-0.2, -0.15) is 5.10 Å². The number of aromatic nitrogens is 3. The topological polar surface area (TPSA) is 65.1 Å². The maximum absolute atomic E-state index is 12.8. The summed E-state index contributed by atoms with van der Waals surface area (Å²) in [6.07, 6.45) is 1.33. The molecule has 26 heavy (non-hydrogen) atoms. The summed E-state index contributed by atoms with van der Waals surface area (Å²) >= 11 is 0. The summed E-state index contributed by atoms with van der Waals surface area (Å²) in [7, 11) is 0. The molecule has 0 aliphatic carbocycles. The fraction of sp³-hybridized carbons (Fsp3) is 0.550. The van der Waals surface area contributed by atoms with Crippen LogP contribution in [0.5, 0.6) is 0 Å². The Kier molecular flexibility index (Phi) is 6.04. The Hall–Kier alpha value is -2.21. The van der Waals surface area contributed by atoms with E-state index in [1.165, 1.54) is 0 Å². The van der Waals surface area contributed by atoms with Gasteiger partial charge in [0.2, 0.25) is 5.91 Å². The van der Waals surface area contributed by atoms with E-state index < -0.39 is 0 Å². The van der Waals surface area contributed by atoms with Crippen LogP contribution in [0, 0.1) is 12.8 Å². The molecule has 0 bridgehead atoms. The summed E-state index contributed by atoms with van der Waals surface area (Å²) in [5.41, 5.74) is 1.07. The summed E-state index contributed by atoms with van der Waals surface area (Å²) in [6.45, 7) is 9.73. The molecule has 1 aliphatic rings. The predicted octanol–water partition coefficient (Wildman–Crippen LogP) is 2.59. The number of rotatable bonds is 5. The second kappa shape index (κ2) is 8.45. The van der Waals surface area contributed by atoms with Gasteiger partial charge in [-0.15, -0.1) is 0 Å². The largest absolute Gasteiger partial charge is 0.341 e. The molecule has 2 heterocycles. The van der Waals surface area contributed by atoms with Gasteiger partial charge in [0.05, 0.1) is 12.5 Å². The van der Waals surface area contributed by atoms with Gasteiger partial charge in [-0.05, 0) is 24.8 Å². The molecule has 1 fully saturated rings. The lowest BCUT2D eigenvalue weighted by Crippen LogP contribution is -2.37. The summed E-state index contributed by atoms with van der Waals surface area (Å²) in [5.74, 6) is 2.45. The standard InChI is InChI=1S/C20H29N5O/c1-15(2)14-25-12-11-24(19(26)13-17-7-5-4-6-8-17)10-9-18(25)20-21-16(3)22-23-20/h4-8,15,18H,9-14H2,1-3H3,(H,21,22,23). The molecular weight excluding hydrogens is 326 g/mol. The van der Waals surface area contributed by atoms with E-state index in [1.807, 2.05) is 42.2 Å². The highest BCUT2D eigenvalue weighted by molar-refractivity contribution is 5.78. The lowest BCUT2D eigenvalue weighted by atomic mass is 10.1. The van der Waals surface area contributed by atoms with Crippen molar-refractivity contribution >= 4 is 5.91 Å². The van der Waals surface area contributed by atoms with Crippen molar-refractivity contribution in [3.8, 4) is 0 Å². The molecule has 1 aliphatic heterocycles. The molecular formula is C20H29N5O. The van der Waals surface area contributed by atoms with E-state index in [0.717, 1.165) is 49.8 Å². The molecule has 3 rings (SSSR count). The number of carbonyl (C=O) groups excluding carboxylic acids is 1. The Morgan fingerprint density at radius 1 is 1.23 bits per heavy atom. The van der Waals surface area contributed by atoms with Crippen molar-refractivity contribution in [2.24, 2.45) is 5.92 Å². The highest BCUT2D eigenvalue weighted by Crippen LogP contribution is 2.25. The summed E-state index contributed by atoms with van der Waals surface area (Å²) in [5, 5.41) is 7.35. The smallest absolute Gasteiger partial charge is 0.227 e. The SMILES string of the molecule is Cc1nc(C2CCN(C(=O)Cc3ccccc3)CCN2CC(C)C)n[nH]1. The van der Waals surface area contributed by atoms with Gasteiger partial charge in [-0.25, -0.2) is 4.98 Å². The normalized spacial score (nSPS) is 18.9. The van der Waals surface area contributed by atoms with E-state index in [4.69, 9.17) is 0 Å². The van der Waals surface area contributed by atoms with Crippen LogP contribution < -0.4 is 0 Å². The number of aromatic amines is 1. The fourth-order valence-electron chi connectivity index (χ4n) is 3.60. The number of benzene rings is 1. The molecule has 6 nitrogen and oxygen atoms in total. The Bertz CT molecular complexity index is 712. The second-order valence-electron chi connectivity index (χ2n) is 7.52. The third kappa shape index (κ3) is 4.69. The van der Waals surface area contributed by atoms with Crippen molar-refractivity contribution in [1.29, 1.82) is 0 Å². The van der Waals surface area contributed by atoms with Crippen molar-refractivity contribution in [1.82, 2.24) is 25.0 Å². The van der Waals surface area contributed by atoms with E-state index in [1.54, 1.807) is 0 Å². The Labute approximate surface area is 155 Å². The first-order valence-corrected chi connectivity index (χ1v) is 9.47. The molecule has 0 saturated carbocycles. The number of carbonyl (C=O) groups is 1. The minimum absolute atomic E-state index is 0.164. The zero-order valence-corrected chi connectivity index (χ0v) is 16.0. The van der Waals surface area contributed by atoms with Gasteiger partial charge in [0.15, 0.2) is 5.82 Å². The zero-order chi connectivity index (χ0) is 18.5. The summed E-state index contributed by atoms with van der Waals surface area (Å²) in [4.78, 5) is 21.8. The van der Waals surface area contributed by atoms with E-state index in [2.05, 4.69) is 33.9 Å².